The van der Waals surface area contributed by atoms with Crippen LogP contribution >= 0.6 is 46.7 Å². The monoisotopic (exact) mass is 626 g/mol. The van der Waals surface area contributed by atoms with Gasteiger partial charge >= 0.3 is 0 Å². The van der Waals surface area contributed by atoms with Gasteiger partial charge in [0.25, 0.3) is 0 Å². The topological polar surface area (TPSA) is 94.1 Å². The number of pyridine rings is 2. The first-order valence-electron chi connectivity index (χ1n) is 12.4. The van der Waals surface area contributed by atoms with Crippen LogP contribution in [0.15, 0.2) is 44.4 Å². The van der Waals surface area contributed by atoms with E-state index in [2.05, 4.69) is 36.1 Å². The van der Waals surface area contributed by atoms with Crippen LogP contribution in [-0.4, -0.2) is 55.2 Å². The zero-order chi connectivity index (χ0) is 27.6. The number of hydrogen-bond acceptors (Lipinski definition) is 8. The Morgan fingerprint density at radius 3 is 1.73 bits per heavy atom. The van der Waals surface area contributed by atoms with Crippen molar-refractivity contribution in [3.05, 3.63) is 35.7 Å². The molecule has 2 fully saturated rings. The molecule has 0 amide bonds. The fraction of sp³-hybridized carbons (Fsp3) is 0.600. The number of halogens is 2. The smallest absolute Gasteiger partial charge is 0.196 e. The van der Waals surface area contributed by atoms with E-state index in [9.17, 15) is 16.8 Å². The first-order chi connectivity index (χ1) is 17.6. The second kappa shape index (κ2) is 15.3. The zero-order valence-corrected chi connectivity index (χ0v) is 26.5. The minimum atomic E-state index is -3.63. The maximum Gasteiger partial charge on any atom is 0.196 e. The zero-order valence-electron chi connectivity index (χ0n) is 21.7. The molecule has 0 unspecified atom stereocenters. The molecule has 2 aromatic heterocycles. The Morgan fingerprint density at radius 1 is 0.784 bits per heavy atom. The van der Waals surface area contributed by atoms with Crippen LogP contribution in [0.25, 0.3) is 0 Å². The normalized spacial score (nSPS) is 15.3. The Hall–Kier alpha value is -0.520. The lowest BCUT2D eigenvalue weighted by atomic mass is 10.2. The van der Waals surface area contributed by atoms with Gasteiger partial charge in [0.15, 0.2) is 24.7 Å². The van der Waals surface area contributed by atoms with E-state index in [0.29, 0.717) is 5.92 Å². The standard InChI is InChI=1S/C12H17NO4S2.C12H17NS2.CH2Cl2/c1-3-18(14,15)11-7-10(9-5-6-9)8-13-12(11)19(16,17)4-2;1-3-14-11-7-10(9-5-6-9)8-13-12(11)15-4-2;2-1-3/h7-9H,3-6H2,1-2H3;7-9H,3-6H2,1-2H3;1H2. The van der Waals surface area contributed by atoms with Crippen molar-refractivity contribution in [3.8, 4) is 0 Å². The molecule has 0 radical (unpaired) electrons. The van der Waals surface area contributed by atoms with Crippen molar-refractivity contribution in [1.82, 2.24) is 9.97 Å². The number of thioether (sulfide) groups is 2. The first kappa shape index (κ1) is 32.7. The number of sulfone groups is 2. The van der Waals surface area contributed by atoms with E-state index in [0.717, 1.165) is 35.8 Å². The van der Waals surface area contributed by atoms with E-state index in [-0.39, 0.29) is 26.8 Å². The summed E-state index contributed by atoms with van der Waals surface area (Å²) in [6.07, 6.45) is 8.31. The Balaban J connectivity index is 0.000000240. The summed E-state index contributed by atoms with van der Waals surface area (Å²) in [4.78, 5) is 9.77. The SMILES string of the molecule is CCS(=O)(=O)c1cc(C2CC2)cnc1S(=O)(=O)CC.CCSc1cc(C2CC2)cnc1SCC.ClCCl. The molecule has 0 aliphatic heterocycles. The van der Waals surface area contributed by atoms with E-state index in [1.54, 1.807) is 0 Å². The van der Waals surface area contributed by atoms with Gasteiger partial charge in [-0.05, 0) is 72.3 Å². The third kappa shape index (κ3) is 9.87. The third-order valence-electron chi connectivity index (χ3n) is 5.75. The molecule has 4 rings (SSSR count). The van der Waals surface area contributed by atoms with Crippen molar-refractivity contribution in [2.24, 2.45) is 0 Å². The van der Waals surface area contributed by atoms with E-state index in [1.807, 2.05) is 23.5 Å². The van der Waals surface area contributed by atoms with E-state index < -0.39 is 19.7 Å². The first-order valence-corrected chi connectivity index (χ1v) is 18.8. The molecule has 2 aliphatic carbocycles. The van der Waals surface area contributed by atoms with Crippen LogP contribution in [0.1, 0.15) is 76.3 Å². The Labute approximate surface area is 241 Å². The van der Waals surface area contributed by atoms with Gasteiger partial charge in [0.05, 0.1) is 16.8 Å². The van der Waals surface area contributed by atoms with Crippen molar-refractivity contribution < 1.29 is 16.8 Å². The van der Waals surface area contributed by atoms with E-state index >= 15 is 0 Å². The van der Waals surface area contributed by atoms with Crippen molar-refractivity contribution in [2.45, 2.75) is 85.1 Å². The Morgan fingerprint density at radius 2 is 1.27 bits per heavy atom. The quantitative estimate of drug-likeness (QED) is 0.203. The number of rotatable bonds is 10. The number of hydrogen-bond donors (Lipinski definition) is 0. The highest BCUT2D eigenvalue weighted by atomic mass is 35.5. The summed E-state index contributed by atoms with van der Waals surface area (Å²) >= 11 is 13.3. The second-order valence-corrected chi connectivity index (χ2v) is 16.3. The van der Waals surface area contributed by atoms with Crippen LogP contribution < -0.4 is 0 Å². The predicted molar refractivity (Wildman–Crippen MR) is 157 cm³/mol. The van der Waals surface area contributed by atoms with Crippen LogP contribution in [0.2, 0.25) is 0 Å². The molecule has 37 heavy (non-hydrogen) atoms. The fourth-order valence-electron chi connectivity index (χ4n) is 3.43. The average Bonchev–Trinajstić information content (AvgIpc) is 3.79. The van der Waals surface area contributed by atoms with Gasteiger partial charge in [-0.3, -0.25) is 0 Å². The maximum atomic E-state index is 12.1. The van der Waals surface area contributed by atoms with Crippen molar-refractivity contribution in [2.75, 3.05) is 28.4 Å². The molecule has 208 valence electrons. The van der Waals surface area contributed by atoms with Crippen LogP contribution in [-0.2, 0) is 19.7 Å². The molecule has 0 bridgehead atoms. The van der Waals surface area contributed by atoms with Gasteiger partial charge in [-0.15, -0.1) is 46.7 Å². The molecule has 6 nitrogen and oxygen atoms in total. The summed E-state index contributed by atoms with van der Waals surface area (Å²) in [5.74, 6) is 3.09. The van der Waals surface area contributed by atoms with Gasteiger partial charge in [-0.2, -0.15) is 0 Å². The van der Waals surface area contributed by atoms with Crippen LogP contribution in [0.5, 0.6) is 0 Å². The summed E-state index contributed by atoms with van der Waals surface area (Å²) < 4.78 is 48.1. The second-order valence-electron chi connectivity index (χ2n) is 8.47. The fourth-order valence-corrected chi connectivity index (χ4v) is 7.65. The molecule has 0 saturated heterocycles. The summed E-state index contributed by atoms with van der Waals surface area (Å²) in [6, 6.07) is 3.85. The van der Waals surface area contributed by atoms with Crippen LogP contribution in [0.3, 0.4) is 0 Å². The summed E-state index contributed by atoms with van der Waals surface area (Å²) in [6.45, 7) is 7.37. The average molecular weight is 628 g/mol. The highest BCUT2D eigenvalue weighted by molar-refractivity contribution is 8.02. The van der Waals surface area contributed by atoms with Gasteiger partial charge in [0.1, 0.15) is 9.92 Å². The van der Waals surface area contributed by atoms with Crippen LogP contribution in [0.4, 0.5) is 0 Å². The van der Waals surface area contributed by atoms with Gasteiger partial charge in [0, 0.05) is 17.3 Å². The molecule has 2 aromatic rings. The lowest BCUT2D eigenvalue weighted by Gasteiger charge is -2.10. The van der Waals surface area contributed by atoms with Crippen molar-refractivity contribution >= 4 is 66.4 Å². The molecule has 0 spiro atoms. The number of alkyl halides is 2. The van der Waals surface area contributed by atoms with Gasteiger partial charge < -0.3 is 0 Å². The number of nitrogens with zero attached hydrogens (tertiary/aromatic N) is 2. The number of aromatic nitrogens is 2. The summed E-state index contributed by atoms with van der Waals surface area (Å²) in [5, 5.41) is 1.11. The highest BCUT2D eigenvalue weighted by Gasteiger charge is 2.30. The lowest BCUT2D eigenvalue weighted by molar-refractivity contribution is 0.578. The lowest BCUT2D eigenvalue weighted by Crippen LogP contribution is -2.15. The van der Waals surface area contributed by atoms with Crippen molar-refractivity contribution in [3.63, 3.8) is 0 Å². The molecular formula is C25H36Cl2N2O4S4. The van der Waals surface area contributed by atoms with E-state index in [1.165, 1.54) is 54.4 Å². The van der Waals surface area contributed by atoms with Gasteiger partial charge in [-0.1, -0.05) is 27.7 Å². The van der Waals surface area contributed by atoms with Gasteiger partial charge in [-0.25, -0.2) is 26.8 Å². The maximum absolute atomic E-state index is 12.1. The van der Waals surface area contributed by atoms with Crippen molar-refractivity contribution in [1.29, 1.82) is 0 Å². The molecule has 2 heterocycles. The molecule has 2 aliphatic rings. The largest absolute Gasteiger partial charge is 0.248 e. The molecule has 12 heteroatoms. The minimum Gasteiger partial charge on any atom is -0.248 e. The minimum absolute atomic E-state index is 0.130. The molecular weight excluding hydrogens is 591 g/mol. The van der Waals surface area contributed by atoms with Crippen LogP contribution in [0, 0.1) is 0 Å². The summed E-state index contributed by atoms with van der Waals surface area (Å²) in [7, 11) is -7.23. The van der Waals surface area contributed by atoms with E-state index in [4.69, 9.17) is 23.2 Å². The Kier molecular flexibility index (Phi) is 13.5. The molecule has 0 N–H and O–H groups in total. The molecule has 2 saturated carbocycles. The molecule has 0 aromatic carbocycles. The predicted octanol–water partition coefficient (Wildman–Crippen LogP) is 7.15. The third-order valence-corrected chi connectivity index (χ3v) is 11.2. The molecule has 0 atom stereocenters. The Bertz CT molecular complexity index is 1230. The highest BCUT2D eigenvalue weighted by Crippen LogP contribution is 2.42. The summed E-state index contributed by atoms with van der Waals surface area (Å²) in [5.41, 5.74) is 2.27. The van der Waals surface area contributed by atoms with Gasteiger partial charge in [0.2, 0.25) is 0 Å².